The van der Waals surface area contributed by atoms with Crippen LogP contribution in [0.15, 0.2) is 36.7 Å². The number of halogens is 1. The highest BCUT2D eigenvalue weighted by molar-refractivity contribution is 5.95. The van der Waals surface area contributed by atoms with Crippen molar-refractivity contribution in [3.8, 4) is 17.2 Å². The van der Waals surface area contributed by atoms with E-state index in [2.05, 4.69) is 15.2 Å². The molecular weight excluding hydrogens is 231 g/mol. The first-order valence-corrected chi connectivity index (χ1v) is 5.28. The highest BCUT2D eigenvalue weighted by atomic mass is 19.1. The predicted octanol–water partition coefficient (Wildman–Crippen LogP) is 2.64. The third-order valence-electron chi connectivity index (χ3n) is 2.74. The van der Waals surface area contributed by atoms with Crippen LogP contribution in [0, 0.1) is 17.1 Å². The molecule has 0 amide bonds. The molecule has 0 spiro atoms. The van der Waals surface area contributed by atoms with E-state index in [4.69, 9.17) is 5.26 Å². The summed E-state index contributed by atoms with van der Waals surface area (Å²) < 4.78 is 13.9. The van der Waals surface area contributed by atoms with Gasteiger partial charge in [0.15, 0.2) is 5.65 Å². The molecular formula is C13H7FN4. The standard InChI is InChI=1S/C13H7FN4/c14-11-4-2-1-3-9(11)12-8(5-15)6-16-13-10(12)7-17-18-13/h1-4,6-7H,(H,16,17,18). The first-order valence-electron chi connectivity index (χ1n) is 5.28. The van der Waals surface area contributed by atoms with Crippen molar-refractivity contribution in [3.05, 3.63) is 48.0 Å². The van der Waals surface area contributed by atoms with Crippen molar-refractivity contribution in [3.63, 3.8) is 0 Å². The van der Waals surface area contributed by atoms with Gasteiger partial charge in [0.25, 0.3) is 0 Å². The van der Waals surface area contributed by atoms with Crippen LogP contribution in [0.1, 0.15) is 5.56 Å². The third-order valence-corrected chi connectivity index (χ3v) is 2.74. The molecule has 18 heavy (non-hydrogen) atoms. The van der Waals surface area contributed by atoms with Gasteiger partial charge in [0.05, 0.1) is 11.8 Å². The first kappa shape index (κ1) is 10.4. The number of pyridine rings is 1. The van der Waals surface area contributed by atoms with Crippen molar-refractivity contribution in [2.24, 2.45) is 0 Å². The van der Waals surface area contributed by atoms with E-state index in [-0.39, 0.29) is 5.82 Å². The molecule has 2 aromatic heterocycles. The highest BCUT2D eigenvalue weighted by Gasteiger charge is 2.15. The molecule has 4 nitrogen and oxygen atoms in total. The number of hydrogen-bond acceptors (Lipinski definition) is 3. The fraction of sp³-hybridized carbons (Fsp3) is 0. The number of H-pyrrole nitrogens is 1. The molecule has 0 bridgehead atoms. The summed E-state index contributed by atoms with van der Waals surface area (Å²) in [7, 11) is 0. The van der Waals surface area contributed by atoms with Crippen LogP contribution in [0.5, 0.6) is 0 Å². The van der Waals surface area contributed by atoms with Gasteiger partial charge in [-0.25, -0.2) is 9.37 Å². The van der Waals surface area contributed by atoms with Gasteiger partial charge in [-0.2, -0.15) is 10.4 Å². The van der Waals surface area contributed by atoms with Crippen LogP contribution in [0.4, 0.5) is 4.39 Å². The molecule has 0 fully saturated rings. The number of nitrogens with zero attached hydrogens (tertiary/aromatic N) is 3. The maximum absolute atomic E-state index is 13.9. The van der Waals surface area contributed by atoms with Crippen LogP contribution >= 0.6 is 0 Å². The minimum atomic E-state index is -0.372. The maximum Gasteiger partial charge on any atom is 0.155 e. The molecule has 3 aromatic rings. The van der Waals surface area contributed by atoms with Crippen molar-refractivity contribution in [1.82, 2.24) is 15.2 Å². The summed E-state index contributed by atoms with van der Waals surface area (Å²) in [6.07, 6.45) is 2.97. The molecule has 86 valence electrons. The number of aromatic nitrogens is 3. The molecule has 5 heteroatoms. The Kier molecular flexibility index (Phi) is 2.27. The van der Waals surface area contributed by atoms with Crippen LogP contribution < -0.4 is 0 Å². The lowest BCUT2D eigenvalue weighted by molar-refractivity contribution is 0.631. The quantitative estimate of drug-likeness (QED) is 0.708. The third kappa shape index (κ3) is 1.44. The van der Waals surface area contributed by atoms with Gasteiger partial charge in [0, 0.05) is 22.7 Å². The Morgan fingerprint density at radius 1 is 1.22 bits per heavy atom. The van der Waals surface area contributed by atoms with Crippen molar-refractivity contribution >= 4 is 11.0 Å². The minimum absolute atomic E-state index is 0.328. The largest absolute Gasteiger partial charge is 0.261 e. The summed E-state index contributed by atoms with van der Waals surface area (Å²) in [4.78, 5) is 4.06. The van der Waals surface area contributed by atoms with E-state index in [1.54, 1.807) is 24.4 Å². The zero-order valence-electron chi connectivity index (χ0n) is 9.18. The molecule has 0 unspecified atom stereocenters. The Morgan fingerprint density at radius 3 is 2.83 bits per heavy atom. The number of rotatable bonds is 1. The maximum atomic E-state index is 13.9. The van der Waals surface area contributed by atoms with E-state index in [1.165, 1.54) is 12.3 Å². The molecule has 0 saturated heterocycles. The Bertz CT molecular complexity index is 770. The fourth-order valence-electron chi connectivity index (χ4n) is 1.94. The van der Waals surface area contributed by atoms with Gasteiger partial charge in [-0.15, -0.1) is 0 Å². The van der Waals surface area contributed by atoms with E-state index in [1.807, 2.05) is 6.07 Å². The number of benzene rings is 1. The van der Waals surface area contributed by atoms with E-state index in [9.17, 15) is 4.39 Å². The van der Waals surface area contributed by atoms with Crippen LogP contribution in [0.25, 0.3) is 22.2 Å². The molecule has 0 saturated carbocycles. The molecule has 0 aliphatic rings. The van der Waals surface area contributed by atoms with Gasteiger partial charge >= 0.3 is 0 Å². The summed E-state index contributed by atoms with van der Waals surface area (Å²) in [5.41, 5.74) is 1.76. The lowest BCUT2D eigenvalue weighted by Gasteiger charge is -2.06. The van der Waals surface area contributed by atoms with E-state index < -0.39 is 0 Å². The van der Waals surface area contributed by atoms with E-state index in [0.29, 0.717) is 27.7 Å². The lowest BCUT2D eigenvalue weighted by atomic mass is 9.99. The van der Waals surface area contributed by atoms with Crippen LogP contribution in [-0.4, -0.2) is 15.2 Å². The van der Waals surface area contributed by atoms with E-state index in [0.717, 1.165) is 0 Å². The molecule has 3 rings (SSSR count). The smallest absolute Gasteiger partial charge is 0.155 e. The number of nitrogens with one attached hydrogen (secondary N) is 1. The number of fused-ring (bicyclic) bond motifs is 1. The summed E-state index contributed by atoms with van der Waals surface area (Å²) in [5.74, 6) is -0.372. The zero-order valence-corrected chi connectivity index (χ0v) is 9.18. The second kappa shape index (κ2) is 3.93. The van der Waals surface area contributed by atoms with Gasteiger partial charge in [-0.05, 0) is 6.07 Å². The van der Waals surface area contributed by atoms with Gasteiger partial charge in [-0.3, -0.25) is 5.10 Å². The average Bonchev–Trinajstić information content (AvgIpc) is 2.86. The van der Waals surface area contributed by atoms with Gasteiger partial charge in [0.2, 0.25) is 0 Å². The van der Waals surface area contributed by atoms with Crippen LogP contribution in [0.3, 0.4) is 0 Å². The zero-order chi connectivity index (χ0) is 12.5. The average molecular weight is 238 g/mol. The van der Waals surface area contributed by atoms with E-state index >= 15 is 0 Å². The van der Waals surface area contributed by atoms with Crippen molar-refractivity contribution in [1.29, 1.82) is 5.26 Å². The number of aromatic amines is 1. The van der Waals surface area contributed by atoms with Gasteiger partial charge < -0.3 is 0 Å². The topological polar surface area (TPSA) is 65.4 Å². The summed E-state index contributed by atoms with van der Waals surface area (Å²) in [6.45, 7) is 0. The Labute approximate surface area is 102 Å². The second-order valence-corrected chi connectivity index (χ2v) is 3.77. The van der Waals surface area contributed by atoms with Crippen molar-refractivity contribution in [2.45, 2.75) is 0 Å². The molecule has 0 radical (unpaired) electrons. The van der Waals surface area contributed by atoms with Gasteiger partial charge in [-0.1, -0.05) is 18.2 Å². The second-order valence-electron chi connectivity index (χ2n) is 3.77. The minimum Gasteiger partial charge on any atom is -0.261 e. The van der Waals surface area contributed by atoms with Gasteiger partial charge in [0.1, 0.15) is 11.9 Å². The highest BCUT2D eigenvalue weighted by Crippen LogP contribution is 2.31. The SMILES string of the molecule is N#Cc1cnc2[nH]ncc2c1-c1ccccc1F. The molecule has 1 aromatic carbocycles. The molecule has 0 atom stereocenters. The molecule has 0 aliphatic heterocycles. The first-order chi connectivity index (χ1) is 8.81. The number of hydrogen-bond donors (Lipinski definition) is 1. The monoisotopic (exact) mass is 238 g/mol. The Hall–Kier alpha value is -2.74. The number of nitriles is 1. The van der Waals surface area contributed by atoms with Crippen molar-refractivity contribution in [2.75, 3.05) is 0 Å². The molecule has 2 heterocycles. The normalized spacial score (nSPS) is 10.4. The molecule has 0 aliphatic carbocycles. The van der Waals surface area contributed by atoms with Crippen LogP contribution in [-0.2, 0) is 0 Å². The Morgan fingerprint density at radius 2 is 2.06 bits per heavy atom. The fourth-order valence-corrected chi connectivity index (χ4v) is 1.94. The summed E-state index contributed by atoms with van der Waals surface area (Å²) >= 11 is 0. The molecule has 1 N–H and O–H groups in total. The Balaban J connectivity index is 2.44. The van der Waals surface area contributed by atoms with Crippen molar-refractivity contribution < 1.29 is 4.39 Å². The predicted molar refractivity (Wildman–Crippen MR) is 64.0 cm³/mol. The summed E-state index contributed by atoms with van der Waals surface area (Å²) in [5, 5.41) is 16.3. The summed E-state index contributed by atoms with van der Waals surface area (Å²) in [6, 6.07) is 8.37. The lowest BCUT2D eigenvalue weighted by Crippen LogP contribution is -1.91. The van der Waals surface area contributed by atoms with Crippen LogP contribution in [0.2, 0.25) is 0 Å².